The smallest absolute Gasteiger partial charge is 0.337 e. The number of H-pyrrole nitrogens is 1. The van der Waals surface area contributed by atoms with E-state index in [4.69, 9.17) is 0 Å². The minimum absolute atomic E-state index is 0.0229. The normalized spacial score (nSPS) is 14.5. The molecule has 1 fully saturated rings. The van der Waals surface area contributed by atoms with Gasteiger partial charge in [0.05, 0.1) is 22.2 Å². The van der Waals surface area contributed by atoms with Crippen LogP contribution in [0.3, 0.4) is 0 Å². The predicted octanol–water partition coefficient (Wildman–Crippen LogP) is 6.45. The standard InChI is InChI=1S/C27H23F4N3O2/c1-14-32-19-12-17(11-18(27(35)36)26(19)33-14)21-24(30)22(28)20(23(29)25(21)31)16-7-5-6-15(10-16)13-34-8-3-2-4-9-34/h5-7,10-12H,2-4,8-9,13H2,1H3,(H,32,33)(H,35,36). The van der Waals surface area contributed by atoms with Gasteiger partial charge in [0.1, 0.15) is 11.3 Å². The van der Waals surface area contributed by atoms with Gasteiger partial charge in [-0.3, -0.25) is 4.90 Å². The van der Waals surface area contributed by atoms with Gasteiger partial charge >= 0.3 is 5.97 Å². The van der Waals surface area contributed by atoms with E-state index in [9.17, 15) is 9.90 Å². The van der Waals surface area contributed by atoms with Crippen molar-refractivity contribution in [2.45, 2.75) is 32.7 Å². The van der Waals surface area contributed by atoms with Crippen LogP contribution in [0.4, 0.5) is 17.6 Å². The summed E-state index contributed by atoms with van der Waals surface area (Å²) in [4.78, 5) is 20.8. The van der Waals surface area contributed by atoms with Crippen molar-refractivity contribution >= 4 is 17.0 Å². The van der Waals surface area contributed by atoms with E-state index in [2.05, 4.69) is 14.9 Å². The summed E-state index contributed by atoms with van der Waals surface area (Å²) in [5.74, 6) is -7.30. The first-order chi connectivity index (χ1) is 17.2. The molecule has 0 saturated carbocycles. The average molecular weight is 497 g/mol. The minimum Gasteiger partial charge on any atom is -0.478 e. The van der Waals surface area contributed by atoms with Crippen LogP contribution >= 0.6 is 0 Å². The lowest BCUT2D eigenvalue weighted by Gasteiger charge is -2.26. The Labute approximate surface area is 204 Å². The van der Waals surface area contributed by atoms with E-state index in [1.54, 1.807) is 13.0 Å². The monoisotopic (exact) mass is 497 g/mol. The zero-order valence-corrected chi connectivity index (χ0v) is 19.5. The van der Waals surface area contributed by atoms with Gasteiger partial charge in [-0.2, -0.15) is 0 Å². The number of fused-ring (bicyclic) bond motifs is 1. The van der Waals surface area contributed by atoms with Gasteiger partial charge in [0.15, 0.2) is 23.3 Å². The van der Waals surface area contributed by atoms with E-state index < -0.39 is 40.4 Å². The Morgan fingerprint density at radius 2 is 1.58 bits per heavy atom. The number of hydrogen-bond donors (Lipinski definition) is 2. The molecule has 0 aliphatic carbocycles. The summed E-state index contributed by atoms with van der Waals surface area (Å²) in [5.41, 5.74) is -1.38. The molecule has 0 amide bonds. The number of aromatic nitrogens is 2. The fraction of sp³-hybridized carbons (Fsp3) is 0.259. The lowest BCUT2D eigenvalue weighted by molar-refractivity contribution is 0.0699. The third-order valence-corrected chi connectivity index (χ3v) is 6.56. The number of nitrogens with one attached hydrogen (secondary N) is 1. The number of nitrogens with zero attached hydrogens (tertiary/aromatic N) is 2. The number of hydrogen-bond acceptors (Lipinski definition) is 3. The Balaban J connectivity index is 1.61. The largest absolute Gasteiger partial charge is 0.478 e. The zero-order chi connectivity index (χ0) is 25.6. The van der Waals surface area contributed by atoms with Crippen LogP contribution in [0.5, 0.6) is 0 Å². The van der Waals surface area contributed by atoms with Crippen molar-refractivity contribution in [3.63, 3.8) is 0 Å². The van der Waals surface area contributed by atoms with E-state index in [0.29, 0.717) is 12.4 Å². The highest BCUT2D eigenvalue weighted by molar-refractivity contribution is 6.03. The van der Waals surface area contributed by atoms with Crippen LogP contribution in [0, 0.1) is 30.2 Å². The zero-order valence-electron chi connectivity index (χ0n) is 19.5. The highest BCUT2D eigenvalue weighted by Gasteiger charge is 2.28. The molecule has 0 unspecified atom stereocenters. The fourth-order valence-corrected chi connectivity index (χ4v) is 4.89. The number of aromatic amines is 1. The Kier molecular flexibility index (Phi) is 6.26. The van der Waals surface area contributed by atoms with Crippen LogP contribution in [0.15, 0.2) is 36.4 Å². The van der Waals surface area contributed by atoms with E-state index in [1.165, 1.54) is 24.6 Å². The molecular weight excluding hydrogens is 474 g/mol. The summed E-state index contributed by atoms with van der Waals surface area (Å²) in [6, 6.07) is 8.54. The molecule has 2 N–H and O–H groups in total. The Morgan fingerprint density at radius 1 is 0.944 bits per heavy atom. The first-order valence-corrected chi connectivity index (χ1v) is 11.7. The van der Waals surface area contributed by atoms with Crippen LogP contribution in [0.25, 0.3) is 33.3 Å². The van der Waals surface area contributed by atoms with Crippen LogP contribution in [-0.2, 0) is 6.54 Å². The number of piperidine rings is 1. The molecule has 0 atom stereocenters. The summed E-state index contributed by atoms with van der Waals surface area (Å²) in [5, 5.41) is 9.55. The van der Waals surface area contributed by atoms with Crippen molar-refractivity contribution in [2.75, 3.05) is 13.1 Å². The number of carboxylic acids is 1. The second-order valence-corrected chi connectivity index (χ2v) is 9.09. The van der Waals surface area contributed by atoms with Crippen molar-refractivity contribution in [1.29, 1.82) is 0 Å². The number of aromatic carboxylic acids is 1. The Bertz CT molecular complexity index is 1460. The molecule has 186 valence electrons. The summed E-state index contributed by atoms with van der Waals surface area (Å²) in [6.07, 6.45) is 3.32. The maximum Gasteiger partial charge on any atom is 0.337 e. The van der Waals surface area contributed by atoms with Gasteiger partial charge in [0, 0.05) is 6.54 Å². The Hall–Kier alpha value is -3.72. The molecule has 1 saturated heterocycles. The molecule has 36 heavy (non-hydrogen) atoms. The number of benzene rings is 3. The first-order valence-electron chi connectivity index (χ1n) is 11.7. The molecule has 2 heterocycles. The maximum atomic E-state index is 15.3. The van der Waals surface area contributed by atoms with Gasteiger partial charge in [0.2, 0.25) is 0 Å². The summed E-state index contributed by atoms with van der Waals surface area (Å²) >= 11 is 0. The minimum atomic E-state index is -1.60. The molecule has 0 spiro atoms. The third-order valence-electron chi connectivity index (χ3n) is 6.56. The number of aryl methyl sites for hydroxylation is 1. The van der Waals surface area contributed by atoms with E-state index >= 15 is 17.6 Å². The molecule has 1 aromatic heterocycles. The summed E-state index contributed by atoms with van der Waals surface area (Å²) in [7, 11) is 0. The summed E-state index contributed by atoms with van der Waals surface area (Å²) < 4.78 is 61.3. The molecule has 0 radical (unpaired) electrons. The van der Waals surface area contributed by atoms with E-state index in [1.807, 2.05) is 6.07 Å². The third kappa shape index (κ3) is 4.24. The van der Waals surface area contributed by atoms with Gasteiger partial charge in [-0.25, -0.2) is 27.3 Å². The van der Waals surface area contributed by atoms with Crippen molar-refractivity contribution in [1.82, 2.24) is 14.9 Å². The summed E-state index contributed by atoms with van der Waals surface area (Å²) in [6.45, 7) is 3.99. The van der Waals surface area contributed by atoms with Crippen LogP contribution in [0.2, 0.25) is 0 Å². The van der Waals surface area contributed by atoms with Crippen molar-refractivity contribution in [3.8, 4) is 22.3 Å². The molecule has 9 heteroatoms. The number of rotatable bonds is 5. The van der Waals surface area contributed by atoms with E-state index in [-0.39, 0.29) is 27.7 Å². The molecule has 5 nitrogen and oxygen atoms in total. The topological polar surface area (TPSA) is 69.2 Å². The van der Waals surface area contributed by atoms with Gasteiger partial charge in [-0.1, -0.05) is 24.6 Å². The molecule has 1 aliphatic rings. The number of halogens is 4. The number of carbonyl (C=O) groups is 1. The lowest BCUT2D eigenvalue weighted by Crippen LogP contribution is -2.29. The highest BCUT2D eigenvalue weighted by atomic mass is 19.2. The molecule has 5 rings (SSSR count). The Morgan fingerprint density at radius 3 is 2.22 bits per heavy atom. The molecular formula is C27H23F4N3O2. The molecule has 4 aromatic rings. The first kappa shape index (κ1) is 24.0. The van der Waals surface area contributed by atoms with Gasteiger partial charge < -0.3 is 10.1 Å². The van der Waals surface area contributed by atoms with Crippen molar-refractivity contribution < 1.29 is 27.5 Å². The predicted molar refractivity (Wildman–Crippen MR) is 128 cm³/mol. The lowest BCUT2D eigenvalue weighted by atomic mass is 9.95. The van der Waals surface area contributed by atoms with Crippen molar-refractivity contribution in [2.24, 2.45) is 0 Å². The second kappa shape index (κ2) is 9.39. The van der Waals surface area contributed by atoms with Crippen molar-refractivity contribution in [3.05, 3.63) is 76.6 Å². The maximum absolute atomic E-state index is 15.3. The average Bonchev–Trinajstić information content (AvgIpc) is 3.23. The second-order valence-electron chi connectivity index (χ2n) is 9.09. The van der Waals surface area contributed by atoms with Crippen LogP contribution in [-0.4, -0.2) is 39.0 Å². The van der Waals surface area contributed by atoms with Crippen LogP contribution in [0.1, 0.15) is 41.0 Å². The number of imidazole rings is 1. The van der Waals surface area contributed by atoms with Gasteiger partial charge in [0.25, 0.3) is 0 Å². The SMILES string of the molecule is Cc1nc2c(C(=O)O)cc(-c3c(F)c(F)c(-c4cccc(CN5CCCCC5)c4)c(F)c3F)cc2[nH]1. The molecule has 3 aromatic carbocycles. The molecule has 1 aliphatic heterocycles. The number of carboxylic acid groups (broad SMARTS) is 1. The van der Waals surface area contributed by atoms with Gasteiger partial charge in [-0.05, 0) is 67.7 Å². The quantitative estimate of drug-likeness (QED) is 0.246. The van der Waals surface area contributed by atoms with E-state index in [0.717, 1.165) is 37.6 Å². The number of likely N-dealkylation sites (tertiary alicyclic amines) is 1. The highest BCUT2D eigenvalue weighted by Crippen LogP contribution is 2.38. The van der Waals surface area contributed by atoms with Crippen LogP contribution < -0.4 is 0 Å². The van der Waals surface area contributed by atoms with Gasteiger partial charge in [-0.15, -0.1) is 0 Å². The fourth-order valence-electron chi connectivity index (χ4n) is 4.89. The molecule has 0 bridgehead atoms.